The van der Waals surface area contributed by atoms with Crippen molar-refractivity contribution >= 4 is 22.0 Å². The number of ether oxygens (including phenoxy) is 1. The molecule has 1 atom stereocenters. The molecule has 90 valence electrons. The molecule has 1 saturated carbocycles. The number of hydrogen-bond acceptors (Lipinski definition) is 1. The maximum absolute atomic E-state index is 6.28. The van der Waals surface area contributed by atoms with Gasteiger partial charge in [-0.25, -0.2) is 0 Å². The minimum atomic E-state index is 0.0234. The smallest absolute Gasteiger partial charge is 0.131 e. The summed E-state index contributed by atoms with van der Waals surface area (Å²) < 4.78 is 6.28. The second-order valence-electron chi connectivity index (χ2n) is 5.68. The molecule has 1 unspecified atom stereocenters. The van der Waals surface area contributed by atoms with Crippen molar-refractivity contribution in [2.75, 3.05) is 0 Å². The van der Waals surface area contributed by atoms with E-state index in [1.54, 1.807) is 0 Å². The number of fused-ring (bicyclic) bond motifs is 1. The van der Waals surface area contributed by atoms with E-state index in [9.17, 15) is 0 Å². The molecule has 0 saturated heterocycles. The van der Waals surface area contributed by atoms with Gasteiger partial charge in [0.15, 0.2) is 0 Å². The number of hydrogen-bond donors (Lipinski definition) is 0. The van der Waals surface area contributed by atoms with Gasteiger partial charge in [-0.15, -0.1) is 0 Å². The molecule has 3 rings (SSSR count). The highest BCUT2D eigenvalue weighted by Crippen LogP contribution is 2.58. The van der Waals surface area contributed by atoms with E-state index < -0.39 is 0 Å². The number of halogens is 1. The molecule has 0 bridgehead atoms. The van der Waals surface area contributed by atoms with Crippen molar-refractivity contribution in [2.24, 2.45) is 0 Å². The Balaban J connectivity index is 2.22. The predicted molar refractivity (Wildman–Crippen MR) is 74.9 cm³/mol. The predicted octanol–water partition coefficient (Wildman–Crippen LogP) is 4.30. The molecule has 1 aliphatic carbocycles. The van der Waals surface area contributed by atoms with Gasteiger partial charge in [-0.2, -0.15) is 0 Å². The summed E-state index contributed by atoms with van der Waals surface area (Å²) in [4.78, 5) is 0.384. The van der Waals surface area contributed by atoms with Crippen molar-refractivity contribution < 1.29 is 4.74 Å². The van der Waals surface area contributed by atoms with Crippen LogP contribution in [-0.4, -0.2) is 10.4 Å². The third-order valence-electron chi connectivity index (χ3n) is 4.10. The maximum atomic E-state index is 6.28. The zero-order valence-corrected chi connectivity index (χ0v) is 11.9. The molecule has 1 heterocycles. The Morgan fingerprint density at radius 3 is 2.71 bits per heavy atom. The summed E-state index contributed by atoms with van der Waals surface area (Å²) in [7, 11) is 0. The second-order valence-corrected chi connectivity index (χ2v) is 6.59. The molecule has 1 aromatic rings. The van der Waals surface area contributed by atoms with Crippen molar-refractivity contribution in [1.82, 2.24) is 0 Å². The van der Waals surface area contributed by atoms with Gasteiger partial charge in [-0.05, 0) is 12.8 Å². The molecule has 2 aliphatic rings. The zero-order valence-electron chi connectivity index (χ0n) is 10.3. The Morgan fingerprint density at radius 1 is 1.41 bits per heavy atom. The number of benzene rings is 1. The first kappa shape index (κ1) is 11.3. The van der Waals surface area contributed by atoms with E-state index >= 15 is 0 Å². The molecule has 0 aromatic heterocycles. The lowest BCUT2D eigenvalue weighted by Gasteiger charge is -2.43. The number of para-hydroxylation sites is 1. The first-order valence-corrected chi connectivity index (χ1v) is 7.02. The first-order chi connectivity index (χ1) is 8.01. The van der Waals surface area contributed by atoms with Crippen LogP contribution >= 0.6 is 15.9 Å². The van der Waals surface area contributed by atoms with Crippen LogP contribution in [-0.2, 0) is 5.41 Å². The summed E-state index contributed by atoms with van der Waals surface area (Å²) in [6, 6.07) is 6.34. The van der Waals surface area contributed by atoms with Gasteiger partial charge in [0, 0.05) is 16.5 Å². The Morgan fingerprint density at radius 2 is 2.12 bits per heavy atom. The molecule has 1 fully saturated rings. The van der Waals surface area contributed by atoms with E-state index in [4.69, 9.17) is 4.74 Å². The fourth-order valence-electron chi connectivity index (χ4n) is 2.86. The Labute approximate surface area is 111 Å². The molecule has 1 nitrogen and oxygen atoms in total. The molecular weight excluding hydrogens is 276 g/mol. The molecule has 0 amide bonds. The molecular formula is C15H17BrO. The minimum Gasteiger partial charge on any atom is -0.485 e. The third kappa shape index (κ3) is 1.43. The van der Waals surface area contributed by atoms with Crippen molar-refractivity contribution in [2.45, 2.75) is 42.5 Å². The van der Waals surface area contributed by atoms with E-state index in [1.165, 1.54) is 5.56 Å². The van der Waals surface area contributed by atoms with Gasteiger partial charge in [-0.3, -0.25) is 0 Å². The van der Waals surface area contributed by atoms with Crippen LogP contribution in [0.4, 0.5) is 0 Å². The molecule has 0 N–H and O–H groups in total. The molecule has 1 aliphatic heterocycles. The van der Waals surface area contributed by atoms with E-state index in [0.717, 1.165) is 24.2 Å². The maximum Gasteiger partial charge on any atom is 0.131 e. The molecule has 0 radical (unpaired) electrons. The zero-order chi connectivity index (χ0) is 12.3. The standard InChI is InChI=1S/C15H17BrO/c1-4-10-6-5-7-11-12(10)17-15(8-9-15)13(16)14(11,2)3/h4-7,13H,1,8-9H2,2-3H3. The lowest BCUT2D eigenvalue weighted by atomic mass is 9.75. The summed E-state index contributed by atoms with van der Waals surface area (Å²) >= 11 is 3.86. The SMILES string of the molecule is C=Cc1cccc2c1OC1(CC1)C(Br)C2(C)C. The summed E-state index contributed by atoms with van der Waals surface area (Å²) in [5, 5.41) is 0. The quantitative estimate of drug-likeness (QED) is 0.702. The lowest BCUT2D eigenvalue weighted by Crippen LogP contribution is -2.47. The fourth-order valence-corrected chi connectivity index (χ4v) is 3.66. The topological polar surface area (TPSA) is 9.23 Å². The van der Waals surface area contributed by atoms with Crippen LogP contribution in [0.2, 0.25) is 0 Å². The molecule has 2 heteroatoms. The van der Waals surface area contributed by atoms with Crippen LogP contribution in [0.1, 0.15) is 37.8 Å². The fraction of sp³-hybridized carbons (Fsp3) is 0.467. The average Bonchev–Trinajstić information content (AvgIpc) is 3.07. The van der Waals surface area contributed by atoms with Gasteiger partial charge >= 0.3 is 0 Å². The summed E-state index contributed by atoms with van der Waals surface area (Å²) in [6.07, 6.45) is 4.19. The van der Waals surface area contributed by atoms with Gasteiger partial charge in [0.1, 0.15) is 11.4 Å². The van der Waals surface area contributed by atoms with E-state index in [0.29, 0.717) is 4.83 Å². The number of rotatable bonds is 1. The monoisotopic (exact) mass is 292 g/mol. The third-order valence-corrected chi connectivity index (χ3v) is 6.08. The van der Waals surface area contributed by atoms with E-state index in [1.807, 2.05) is 6.08 Å². The van der Waals surface area contributed by atoms with Crippen molar-refractivity contribution in [3.8, 4) is 5.75 Å². The largest absolute Gasteiger partial charge is 0.485 e. The molecule has 1 aromatic carbocycles. The van der Waals surface area contributed by atoms with Crippen LogP contribution in [0.5, 0.6) is 5.75 Å². The normalized spacial score (nSPS) is 27.1. The lowest BCUT2D eigenvalue weighted by molar-refractivity contribution is 0.123. The van der Waals surface area contributed by atoms with Gasteiger partial charge in [-0.1, -0.05) is 60.6 Å². The molecule has 1 spiro atoms. The van der Waals surface area contributed by atoms with E-state index in [2.05, 4.69) is 54.6 Å². The minimum absolute atomic E-state index is 0.0234. The van der Waals surface area contributed by atoms with Crippen LogP contribution < -0.4 is 4.74 Å². The van der Waals surface area contributed by atoms with Gasteiger partial charge < -0.3 is 4.74 Å². The average molecular weight is 293 g/mol. The van der Waals surface area contributed by atoms with E-state index in [-0.39, 0.29) is 11.0 Å². The van der Waals surface area contributed by atoms with Crippen molar-refractivity contribution in [3.05, 3.63) is 35.9 Å². The highest BCUT2D eigenvalue weighted by molar-refractivity contribution is 9.09. The highest BCUT2D eigenvalue weighted by Gasteiger charge is 2.60. The Kier molecular flexibility index (Phi) is 2.25. The summed E-state index contributed by atoms with van der Waals surface area (Å²) in [6.45, 7) is 8.47. The van der Waals surface area contributed by atoms with Gasteiger partial charge in [0.25, 0.3) is 0 Å². The Hall–Kier alpha value is -0.760. The van der Waals surface area contributed by atoms with Crippen LogP contribution in [0.25, 0.3) is 6.08 Å². The molecule has 17 heavy (non-hydrogen) atoms. The number of alkyl halides is 1. The van der Waals surface area contributed by atoms with Crippen LogP contribution in [0.15, 0.2) is 24.8 Å². The van der Waals surface area contributed by atoms with Gasteiger partial charge in [0.05, 0.1) is 4.83 Å². The van der Waals surface area contributed by atoms with Crippen LogP contribution in [0, 0.1) is 0 Å². The van der Waals surface area contributed by atoms with Crippen molar-refractivity contribution in [3.63, 3.8) is 0 Å². The van der Waals surface area contributed by atoms with Crippen LogP contribution in [0.3, 0.4) is 0 Å². The second kappa shape index (κ2) is 3.38. The van der Waals surface area contributed by atoms with Crippen molar-refractivity contribution in [1.29, 1.82) is 0 Å². The summed E-state index contributed by atoms with van der Waals surface area (Å²) in [5.41, 5.74) is 2.52. The highest BCUT2D eigenvalue weighted by atomic mass is 79.9. The first-order valence-electron chi connectivity index (χ1n) is 6.10. The Bertz CT molecular complexity index is 486. The summed E-state index contributed by atoms with van der Waals surface area (Å²) in [5.74, 6) is 1.04. The van der Waals surface area contributed by atoms with Gasteiger partial charge in [0.2, 0.25) is 0 Å².